The minimum atomic E-state index is -0.227. The van der Waals surface area contributed by atoms with Crippen LogP contribution in [0.2, 0.25) is 0 Å². The Labute approximate surface area is 149 Å². The number of carbonyl (C=O) groups excluding carboxylic acids is 2. The van der Waals surface area contributed by atoms with Crippen LogP contribution in [0.4, 0.5) is 4.39 Å². The molecule has 2 saturated heterocycles. The van der Waals surface area contributed by atoms with Crippen molar-refractivity contribution in [3.63, 3.8) is 0 Å². The Bertz CT molecular complexity index is 626. The molecule has 0 aliphatic carbocycles. The van der Waals surface area contributed by atoms with Crippen LogP contribution in [0.25, 0.3) is 0 Å². The maximum atomic E-state index is 13.2. The number of halogens is 1. The highest BCUT2D eigenvalue weighted by Gasteiger charge is 2.32. The van der Waals surface area contributed by atoms with Crippen molar-refractivity contribution in [2.45, 2.75) is 51.5 Å². The zero-order valence-electron chi connectivity index (χ0n) is 14.9. The molecule has 0 radical (unpaired) electrons. The third-order valence-electron chi connectivity index (χ3n) is 5.50. The summed E-state index contributed by atoms with van der Waals surface area (Å²) in [6, 6.07) is 6.89. The molecule has 25 heavy (non-hydrogen) atoms. The quantitative estimate of drug-likeness (QED) is 0.822. The van der Waals surface area contributed by atoms with Crippen molar-refractivity contribution in [3.05, 3.63) is 35.6 Å². The van der Waals surface area contributed by atoms with Crippen molar-refractivity contribution < 1.29 is 14.0 Å². The van der Waals surface area contributed by atoms with E-state index in [0.717, 1.165) is 50.9 Å². The number of hydrogen-bond acceptors (Lipinski definition) is 2. The molecule has 4 nitrogen and oxygen atoms in total. The molecule has 0 aromatic heterocycles. The maximum Gasteiger partial charge on any atom is 0.225 e. The van der Waals surface area contributed by atoms with Crippen molar-refractivity contribution in [2.24, 2.45) is 5.92 Å². The third kappa shape index (κ3) is 4.39. The maximum absolute atomic E-state index is 13.2. The second-order valence-electron chi connectivity index (χ2n) is 7.32. The van der Waals surface area contributed by atoms with Crippen LogP contribution in [0.3, 0.4) is 0 Å². The van der Waals surface area contributed by atoms with Gasteiger partial charge < -0.3 is 9.80 Å². The van der Waals surface area contributed by atoms with E-state index < -0.39 is 0 Å². The molecule has 136 valence electrons. The Morgan fingerprint density at radius 2 is 2.04 bits per heavy atom. The van der Waals surface area contributed by atoms with Crippen LogP contribution in [0.5, 0.6) is 0 Å². The van der Waals surface area contributed by atoms with Gasteiger partial charge in [-0.3, -0.25) is 9.59 Å². The first-order valence-corrected chi connectivity index (χ1v) is 9.37. The van der Waals surface area contributed by atoms with E-state index in [-0.39, 0.29) is 23.5 Å². The fraction of sp³-hybridized carbons (Fsp3) is 0.600. The topological polar surface area (TPSA) is 40.6 Å². The van der Waals surface area contributed by atoms with E-state index in [4.69, 9.17) is 0 Å². The Balaban J connectivity index is 1.46. The summed E-state index contributed by atoms with van der Waals surface area (Å²) in [5.41, 5.74) is 0.936. The van der Waals surface area contributed by atoms with Crippen molar-refractivity contribution in [2.75, 3.05) is 19.6 Å². The number of nitrogens with zero attached hydrogens (tertiary/aromatic N) is 2. The number of likely N-dealkylation sites (tertiary alicyclic amines) is 2. The second kappa shape index (κ2) is 7.98. The first kappa shape index (κ1) is 17.9. The fourth-order valence-electron chi connectivity index (χ4n) is 3.96. The van der Waals surface area contributed by atoms with Gasteiger partial charge in [0.05, 0.1) is 0 Å². The molecule has 1 atom stereocenters. The lowest BCUT2D eigenvalue weighted by molar-refractivity contribution is -0.137. The average molecular weight is 346 g/mol. The number of carbonyl (C=O) groups is 2. The number of piperidine rings is 1. The molecule has 0 spiro atoms. The van der Waals surface area contributed by atoms with Gasteiger partial charge in [-0.05, 0) is 49.8 Å². The largest absolute Gasteiger partial charge is 0.342 e. The summed E-state index contributed by atoms with van der Waals surface area (Å²) in [5, 5.41) is 0. The highest BCUT2D eigenvalue weighted by atomic mass is 19.1. The molecule has 2 fully saturated rings. The molecule has 3 rings (SSSR count). The average Bonchev–Trinajstić information content (AvgIpc) is 3.05. The first-order valence-electron chi connectivity index (χ1n) is 9.37. The van der Waals surface area contributed by atoms with E-state index in [1.165, 1.54) is 12.1 Å². The summed E-state index contributed by atoms with van der Waals surface area (Å²) >= 11 is 0. The van der Waals surface area contributed by atoms with Gasteiger partial charge >= 0.3 is 0 Å². The molecule has 5 heteroatoms. The SMILES string of the molecule is CC(CCc1cccc(F)c1)C(=O)N1CCC(N2CCCC2=O)CC1. The van der Waals surface area contributed by atoms with Crippen LogP contribution < -0.4 is 0 Å². The van der Waals surface area contributed by atoms with Crippen LogP contribution in [-0.4, -0.2) is 47.3 Å². The van der Waals surface area contributed by atoms with Crippen molar-refractivity contribution in [3.8, 4) is 0 Å². The second-order valence-corrected chi connectivity index (χ2v) is 7.32. The summed E-state index contributed by atoms with van der Waals surface area (Å²) in [6.07, 6.45) is 4.85. The van der Waals surface area contributed by atoms with Crippen molar-refractivity contribution >= 4 is 11.8 Å². The van der Waals surface area contributed by atoms with Crippen molar-refractivity contribution in [1.29, 1.82) is 0 Å². The number of amides is 2. The fourth-order valence-corrected chi connectivity index (χ4v) is 3.96. The predicted octanol–water partition coefficient (Wildman–Crippen LogP) is 3.01. The molecular formula is C20H27FN2O2. The Morgan fingerprint density at radius 1 is 1.28 bits per heavy atom. The summed E-state index contributed by atoms with van der Waals surface area (Å²) in [4.78, 5) is 28.5. The molecule has 2 heterocycles. The highest BCUT2D eigenvalue weighted by Crippen LogP contribution is 2.23. The van der Waals surface area contributed by atoms with E-state index in [1.807, 2.05) is 22.8 Å². The van der Waals surface area contributed by atoms with Gasteiger partial charge in [-0.2, -0.15) is 0 Å². The molecule has 2 aliphatic rings. The lowest BCUT2D eigenvalue weighted by Crippen LogP contribution is -2.48. The molecule has 2 amide bonds. The zero-order valence-corrected chi connectivity index (χ0v) is 14.9. The van der Waals surface area contributed by atoms with Crippen LogP contribution in [0.1, 0.15) is 44.6 Å². The summed E-state index contributed by atoms with van der Waals surface area (Å²) in [6.45, 7) is 4.30. The van der Waals surface area contributed by atoms with Gasteiger partial charge in [-0.15, -0.1) is 0 Å². The van der Waals surface area contributed by atoms with Gasteiger partial charge in [0, 0.05) is 38.0 Å². The first-order chi connectivity index (χ1) is 12.0. The van der Waals surface area contributed by atoms with Gasteiger partial charge in [0.1, 0.15) is 5.82 Å². The van der Waals surface area contributed by atoms with Gasteiger partial charge in [0.25, 0.3) is 0 Å². The highest BCUT2D eigenvalue weighted by molar-refractivity contribution is 5.79. The Kier molecular flexibility index (Phi) is 5.71. The molecular weight excluding hydrogens is 319 g/mol. The number of hydrogen-bond donors (Lipinski definition) is 0. The Morgan fingerprint density at radius 3 is 2.68 bits per heavy atom. The lowest BCUT2D eigenvalue weighted by atomic mass is 9.97. The van der Waals surface area contributed by atoms with E-state index in [9.17, 15) is 14.0 Å². The molecule has 1 aromatic rings. The van der Waals surface area contributed by atoms with E-state index >= 15 is 0 Å². The summed E-state index contributed by atoms with van der Waals surface area (Å²) in [5.74, 6) is 0.166. The molecule has 0 bridgehead atoms. The molecule has 1 unspecified atom stereocenters. The Hall–Kier alpha value is -1.91. The van der Waals surface area contributed by atoms with Gasteiger partial charge in [-0.25, -0.2) is 4.39 Å². The van der Waals surface area contributed by atoms with Crippen LogP contribution in [0, 0.1) is 11.7 Å². The smallest absolute Gasteiger partial charge is 0.225 e. The van der Waals surface area contributed by atoms with Crippen LogP contribution in [-0.2, 0) is 16.0 Å². The van der Waals surface area contributed by atoms with Gasteiger partial charge in [0.15, 0.2) is 0 Å². The normalized spacial score (nSPS) is 20.2. The standard InChI is InChI=1S/C20H27FN2O2/c1-15(7-8-16-4-2-5-17(21)14-16)20(25)22-12-9-18(10-13-22)23-11-3-6-19(23)24/h2,4-5,14-15,18H,3,6-13H2,1H3. The number of aryl methyl sites for hydroxylation is 1. The van der Waals surface area contributed by atoms with E-state index in [2.05, 4.69) is 0 Å². The molecule has 0 saturated carbocycles. The number of rotatable bonds is 5. The lowest BCUT2D eigenvalue weighted by Gasteiger charge is -2.37. The third-order valence-corrected chi connectivity index (χ3v) is 5.50. The molecule has 2 aliphatic heterocycles. The van der Waals surface area contributed by atoms with E-state index in [1.54, 1.807) is 6.07 Å². The minimum absolute atomic E-state index is 0.0618. The summed E-state index contributed by atoms with van der Waals surface area (Å²) in [7, 11) is 0. The summed E-state index contributed by atoms with van der Waals surface area (Å²) < 4.78 is 13.2. The van der Waals surface area contributed by atoms with Gasteiger partial charge in [0.2, 0.25) is 11.8 Å². The van der Waals surface area contributed by atoms with Gasteiger partial charge in [-0.1, -0.05) is 19.1 Å². The minimum Gasteiger partial charge on any atom is -0.342 e. The zero-order chi connectivity index (χ0) is 17.8. The predicted molar refractivity (Wildman–Crippen MR) is 94.4 cm³/mol. The van der Waals surface area contributed by atoms with Crippen LogP contribution >= 0.6 is 0 Å². The monoisotopic (exact) mass is 346 g/mol. The molecule has 0 N–H and O–H groups in total. The molecule has 1 aromatic carbocycles. The van der Waals surface area contributed by atoms with E-state index in [0.29, 0.717) is 18.9 Å². The van der Waals surface area contributed by atoms with Crippen molar-refractivity contribution in [1.82, 2.24) is 9.80 Å². The van der Waals surface area contributed by atoms with Crippen LogP contribution in [0.15, 0.2) is 24.3 Å². The number of benzene rings is 1.